The van der Waals surface area contributed by atoms with Crippen LogP contribution in [-0.4, -0.2) is 67.8 Å². The number of aryl methyl sites for hydroxylation is 1. The summed E-state index contributed by atoms with van der Waals surface area (Å²) in [6, 6.07) is 7.77. The molecular weight excluding hydrogens is 458 g/mol. The molecule has 3 amide bonds. The van der Waals surface area contributed by atoms with Crippen molar-refractivity contribution in [1.29, 1.82) is 0 Å². The van der Waals surface area contributed by atoms with Crippen LogP contribution in [0.25, 0.3) is 0 Å². The van der Waals surface area contributed by atoms with Crippen LogP contribution in [0.15, 0.2) is 30.5 Å². The number of imide groups is 1. The molecule has 2 atom stereocenters. The number of hydrogen-bond donors (Lipinski definition) is 0. The van der Waals surface area contributed by atoms with Crippen LogP contribution < -0.4 is 4.74 Å². The quantitative estimate of drug-likeness (QED) is 0.596. The highest BCUT2D eigenvalue weighted by atomic mass is 16.5. The summed E-state index contributed by atoms with van der Waals surface area (Å²) in [4.78, 5) is 49.2. The summed E-state index contributed by atoms with van der Waals surface area (Å²) in [7, 11) is 0. The fraction of sp³-hybridized carbons (Fsp3) is 0.519. The third-order valence-electron chi connectivity index (χ3n) is 7.87. The Balaban J connectivity index is 1.13. The van der Waals surface area contributed by atoms with Gasteiger partial charge in [0, 0.05) is 55.3 Å². The molecule has 3 aliphatic heterocycles. The van der Waals surface area contributed by atoms with Gasteiger partial charge >= 0.3 is 0 Å². The van der Waals surface area contributed by atoms with E-state index in [2.05, 4.69) is 14.9 Å². The number of hydrogen-bond acceptors (Lipinski definition) is 7. The van der Waals surface area contributed by atoms with E-state index >= 15 is 0 Å². The number of aromatic nitrogens is 2. The molecule has 9 nitrogen and oxygen atoms in total. The van der Waals surface area contributed by atoms with Gasteiger partial charge in [-0.25, -0.2) is 15.0 Å². The van der Waals surface area contributed by atoms with Crippen molar-refractivity contribution >= 4 is 17.7 Å². The zero-order chi connectivity index (χ0) is 24.8. The predicted octanol–water partition coefficient (Wildman–Crippen LogP) is 2.98. The third-order valence-corrected chi connectivity index (χ3v) is 7.87. The van der Waals surface area contributed by atoms with E-state index in [-0.39, 0.29) is 43.2 Å². The maximum atomic E-state index is 13.0. The van der Waals surface area contributed by atoms with E-state index in [1.165, 1.54) is 11.4 Å². The number of hydrazine groups is 1. The van der Waals surface area contributed by atoms with Crippen LogP contribution in [0.2, 0.25) is 0 Å². The Bertz CT molecular complexity index is 1190. The number of likely N-dealkylation sites (tertiary alicyclic amines) is 1. The number of ether oxygens (including phenoxy) is 1. The van der Waals surface area contributed by atoms with Gasteiger partial charge in [-0.3, -0.25) is 19.3 Å². The SMILES string of the molecule is Cc1ccnc(C2CN([C@H]3CCCC[C@H]3Oc3ccc4c(c3)CN(N3C(=O)CCCC3=O)C4=O)C2)n1. The van der Waals surface area contributed by atoms with Crippen molar-refractivity contribution in [3.63, 3.8) is 0 Å². The molecule has 1 aromatic carbocycles. The molecule has 1 aromatic heterocycles. The molecule has 0 N–H and O–H groups in total. The van der Waals surface area contributed by atoms with Gasteiger partial charge in [0.2, 0.25) is 11.8 Å². The summed E-state index contributed by atoms with van der Waals surface area (Å²) >= 11 is 0. The van der Waals surface area contributed by atoms with Gasteiger partial charge in [-0.1, -0.05) is 6.42 Å². The minimum Gasteiger partial charge on any atom is -0.489 e. The minimum atomic E-state index is -0.308. The Morgan fingerprint density at radius 3 is 2.53 bits per heavy atom. The molecule has 4 aliphatic rings. The Morgan fingerprint density at radius 2 is 1.75 bits per heavy atom. The fourth-order valence-corrected chi connectivity index (χ4v) is 5.95. The average Bonchev–Trinajstić information content (AvgIpc) is 3.14. The van der Waals surface area contributed by atoms with E-state index in [1.54, 1.807) is 6.07 Å². The molecule has 2 aromatic rings. The molecule has 0 spiro atoms. The average molecular weight is 490 g/mol. The van der Waals surface area contributed by atoms with Crippen LogP contribution in [0, 0.1) is 6.92 Å². The number of nitrogens with zero attached hydrogens (tertiary/aromatic N) is 5. The number of benzene rings is 1. The lowest BCUT2D eigenvalue weighted by Gasteiger charge is -2.47. The Labute approximate surface area is 210 Å². The number of piperidine rings is 1. The molecule has 0 unspecified atom stereocenters. The smallest absolute Gasteiger partial charge is 0.273 e. The first kappa shape index (κ1) is 23.1. The van der Waals surface area contributed by atoms with Crippen molar-refractivity contribution < 1.29 is 19.1 Å². The molecule has 9 heteroatoms. The summed E-state index contributed by atoms with van der Waals surface area (Å²) in [6.45, 7) is 4.10. The van der Waals surface area contributed by atoms with Gasteiger partial charge in [-0.2, -0.15) is 5.01 Å². The molecule has 1 saturated carbocycles. The van der Waals surface area contributed by atoms with Crippen LogP contribution in [0.1, 0.15) is 78.3 Å². The summed E-state index contributed by atoms with van der Waals surface area (Å²) in [5.41, 5.74) is 2.31. The van der Waals surface area contributed by atoms with E-state index in [9.17, 15) is 14.4 Å². The van der Waals surface area contributed by atoms with Crippen molar-refractivity contribution in [1.82, 2.24) is 24.9 Å². The van der Waals surface area contributed by atoms with Gasteiger partial charge < -0.3 is 4.74 Å². The molecule has 4 heterocycles. The van der Waals surface area contributed by atoms with Gasteiger partial charge in [0.1, 0.15) is 17.7 Å². The fourth-order valence-electron chi connectivity index (χ4n) is 5.95. The maximum absolute atomic E-state index is 13.0. The second-order valence-corrected chi connectivity index (χ2v) is 10.3. The van der Waals surface area contributed by atoms with E-state index in [1.807, 2.05) is 31.3 Å². The van der Waals surface area contributed by atoms with E-state index in [0.717, 1.165) is 60.2 Å². The van der Waals surface area contributed by atoms with Crippen LogP contribution in [0.4, 0.5) is 0 Å². The summed E-state index contributed by atoms with van der Waals surface area (Å²) in [6.07, 6.45) is 7.45. The van der Waals surface area contributed by atoms with Crippen molar-refractivity contribution in [2.75, 3.05) is 13.1 Å². The van der Waals surface area contributed by atoms with E-state index in [4.69, 9.17) is 4.74 Å². The predicted molar refractivity (Wildman–Crippen MR) is 130 cm³/mol. The Hall–Kier alpha value is -3.33. The van der Waals surface area contributed by atoms with Crippen LogP contribution in [-0.2, 0) is 16.1 Å². The standard InChI is InChI=1S/C27H31N5O4/c1-17-11-12-28-26(29-17)19-14-30(15-19)22-5-2-3-6-23(22)36-20-9-10-21-18(13-20)16-31(27(21)35)32-24(33)7-4-8-25(32)34/h9-13,19,22-23H,2-8,14-16H2,1H3/t22-,23+/m0/s1. The lowest BCUT2D eigenvalue weighted by Crippen LogP contribution is -2.57. The van der Waals surface area contributed by atoms with Gasteiger partial charge in [-0.05, 0) is 62.4 Å². The van der Waals surface area contributed by atoms with Crippen molar-refractivity contribution in [3.8, 4) is 5.75 Å². The summed E-state index contributed by atoms with van der Waals surface area (Å²) in [5.74, 6) is 1.11. The van der Waals surface area contributed by atoms with Crippen molar-refractivity contribution in [2.45, 2.75) is 76.5 Å². The number of amides is 3. The molecule has 36 heavy (non-hydrogen) atoms. The highest BCUT2D eigenvalue weighted by Crippen LogP contribution is 2.36. The largest absolute Gasteiger partial charge is 0.489 e. The first-order chi connectivity index (χ1) is 17.5. The number of rotatable bonds is 5. The highest BCUT2D eigenvalue weighted by molar-refractivity contribution is 6.04. The van der Waals surface area contributed by atoms with Crippen LogP contribution >= 0.6 is 0 Å². The Kier molecular flexibility index (Phi) is 5.95. The molecular formula is C27H31N5O4. The van der Waals surface area contributed by atoms with Gasteiger partial charge in [0.05, 0.1) is 6.54 Å². The molecule has 6 rings (SSSR count). The molecule has 188 valence electrons. The van der Waals surface area contributed by atoms with Crippen molar-refractivity contribution in [2.24, 2.45) is 0 Å². The molecule has 0 radical (unpaired) electrons. The van der Waals surface area contributed by atoms with Gasteiger partial charge in [0.15, 0.2) is 0 Å². The highest BCUT2D eigenvalue weighted by Gasteiger charge is 2.41. The number of carbonyl (C=O) groups is 3. The zero-order valence-corrected chi connectivity index (χ0v) is 20.6. The number of fused-ring (bicyclic) bond motifs is 1. The van der Waals surface area contributed by atoms with Gasteiger partial charge in [0.25, 0.3) is 5.91 Å². The zero-order valence-electron chi connectivity index (χ0n) is 20.6. The number of carbonyl (C=O) groups excluding carboxylic acids is 3. The minimum absolute atomic E-state index is 0.0784. The van der Waals surface area contributed by atoms with Crippen LogP contribution in [0.3, 0.4) is 0 Å². The molecule has 2 saturated heterocycles. The first-order valence-electron chi connectivity index (χ1n) is 13.0. The second-order valence-electron chi connectivity index (χ2n) is 10.3. The molecule has 1 aliphatic carbocycles. The topological polar surface area (TPSA) is 95.9 Å². The lowest BCUT2D eigenvalue weighted by atomic mass is 9.86. The normalized spacial score (nSPS) is 25.2. The first-order valence-corrected chi connectivity index (χ1v) is 13.0. The lowest BCUT2D eigenvalue weighted by molar-refractivity contribution is -0.163. The second kappa shape index (κ2) is 9.28. The monoisotopic (exact) mass is 489 g/mol. The van der Waals surface area contributed by atoms with E-state index < -0.39 is 0 Å². The Morgan fingerprint density at radius 1 is 0.972 bits per heavy atom. The molecule has 0 bridgehead atoms. The third kappa shape index (κ3) is 4.15. The van der Waals surface area contributed by atoms with Gasteiger partial charge in [-0.15, -0.1) is 0 Å². The van der Waals surface area contributed by atoms with Crippen LogP contribution in [0.5, 0.6) is 5.75 Å². The van der Waals surface area contributed by atoms with Crippen molar-refractivity contribution in [3.05, 3.63) is 53.1 Å². The molecule has 3 fully saturated rings. The maximum Gasteiger partial charge on any atom is 0.273 e. The van der Waals surface area contributed by atoms with E-state index in [0.29, 0.717) is 23.9 Å². The summed E-state index contributed by atoms with van der Waals surface area (Å²) < 4.78 is 6.52. The summed E-state index contributed by atoms with van der Waals surface area (Å²) in [5, 5.41) is 2.33.